The minimum absolute atomic E-state index is 0.956. The molecule has 4 rings (SSSR count). The van der Waals surface area contributed by atoms with Crippen LogP contribution >= 0.6 is 0 Å². The lowest BCUT2D eigenvalue weighted by Gasteiger charge is -2.29. The Balaban J connectivity index is 2.03. The van der Waals surface area contributed by atoms with Gasteiger partial charge in [-0.15, -0.1) is 0 Å². The van der Waals surface area contributed by atoms with E-state index in [0.29, 0.717) is 0 Å². The molecule has 2 heteroatoms. The van der Waals surface area contributed by atoms with Crippen LogP contribution in [0.1, 0.15) is 47.9 Å². The quantitative estimate of drug-likeness (QED) is 0.808. The number of hydrogen-bond donors (Lipinski definition) is 1. The summed E-state index contributed by atoms with van der Waals surface area (Å²) in [6, 6.07) is 9.05. The molecule has 24 heavy (non-hydrogen) atoms. The number of rotatable bonds is 2. The van der Waals surface area contributed by atoms with Crippen molar-refractivity contribution in [3.8, 4) is 11.1 Å². The Hall–Kier alpha value is -1.96. The molecule has 0 radical (unpaired) electrons. The second kappa shape index (κ2) is 6.16. The molecule has 0 aliphatic heterocycles. The number of benzene rings is 2. The molecule has 0 saturated carbocycles. The number of nitrogens with two attached hydrogens (primary N) is 1. The van der Waals surface area contributed by atoms with Crippen LogP contribution in [-0.4, -0.2) is 14.1 Å². The molecule has 0 aromatic heterocycles. The molecule has 2 aromatic carbocycles. The Morgan fingerprint density at radius 3 is 1.88 bits per heavy atom. The van der Waals surface area contributed by atoms with E-state index in [4.69, 9.17) is 5.73 Å². The number of anilines is 2. The summed E-state index contributed by atoms with van der Waals surface area (Å²) in [5.41, 5.74) is 17.7. The Bertz CT molecular complexity index is 774. The normalized spacial score (nSPS) is 16.4. The molecule has 0 heterocycles. The van der Waals surface area contributed by atoms with Gasteiger partial charge in [-0.2, -0.15) is 0 Å². The highest BCUT2D eigenvalue weighted by Crippen LogP contribution is 2.44. The molecule has 0 fully saturated rings. The van der Waals surface area contributed by atoms with Gasteiger partial charge in [-0.1, -0.05) is 12.1 Å². The van der Waals surface area contributed by atoms with E-state index in [0.717, 1.165) is 5.69 Å². The van der Waals surface area contributed by atoms with Crippen LogP contribution in [0, 0.1) is 0 Å². The first-order chi connectivity index (χ1) is 11.7. The smallest absolute Gasteiger partial charge is 0.0444 e. The van der Waals surface area contributed by atoms with Crippen molar-refractivity contribution in [2.24, 2.45) is 0 Å². The number of nitrogens with zero attached hydrogens (tertiary/aromatic N) is 1. The fourth-order valence-electron chi connectivity index (χ4n) is 4.61. The predicted octanol–water partition coefficient (Wildman–Crippen LogP) is 4.76. The van der Waals surface area contributed by atoms with Crippen molar-refractivity contribution in [2.45, 2.75) is 51.4 Å². The number of hydrogen-bond acceptors (Lipinski definition) is 2. The van der Waals surface area contributed by atoms with E-state index >= 15 is 0 Å². The van der Waals surface area contributed by atoms with E-state index in [2.05, 4.69) is 43.3 Å². The van der Waals surface area contributed by atoms with Gasteiger partial charge in [0.25, 0.3) is 0 Å². The monoisotopic (exact) mass is 320 g/mol. The second-order valence-corrected chi connectivity index (χ2v) is 7.57. The number of aryl methyl sites for hydroxylation is 2. The van der Waals surface area contributed by atoms with Crippen molar-refractivity contribution in [2.75, 3.05) is 24.7 Å². The predicted molar refractivity (Wildman–Crippen MR) is 104 cm³/mol. The Kier molecular flexibility index (Phi) is 3.99. The van der Waals surface area contributed by atoms with Gasteiger partial charge < -0.3 is 10.6 Å². The summed E-state index contributed by atoms with van der Waals surface area (Å²) >= 11 is 0. The first-order valence-electron chi connectivity index (χ1n) is 9.39. The van der Waals surface area contributed by atoms with E-state index in [1.54, 1.807) is 5.56 Å². The fraction of sp³-hybridized carbons (Fsp3) is 0.455. The van der Waals surface area contributed by atoms with Crippen LogP contribution in [0.5, 0.6) is 0 Å². The first kappa shape index (κ1) is 15.6. The van der Waals surface area contributed by atoms with Crippen LogP contribution in [0.3, 0.4) is 0 Å². The lowest BCUT2D eigenvalue weighted by molar-refractivity contribution is 0.681. The lowest BCUT2D eigenvalue weighted by Crippen LogP contribution is -2.16. The van der Waals surface area contributed by atoms with Gasteiger partial charge >= 0.3 is 0 Å². The number of fused-ring (bicyclic) bond motifs is 2. The molecule has 2 aromatic rings. The first-order valence-corrected chi connectivity index (χ1v) is 9.39. The summed E-state index contributed by atoms with van der Waals surface area (Å²) in [4.78, 5) is 2.26. The summed E-state index contributed by atoms with van der Waals surface area (Å²) < 4.78 is 0. The van der Waals surface area contributed by atoms with Gasteiger partial charge in [0.15, 0.2) is 0 Å². The highest BCUT2D eigenvalue weighted by Gasteiger charge is 2.24. The SMILES string of the molecule is CN(C)c1ccc2c(c1-c1c(N)ccc3c1CCCC3)CCCC2. The fourth-order valence-corrected chi connectivity index (χ4v) is 4.61. The molecular formula is C22H28N2. The van der Waals surface area contributed by atoms with Gasteiger partial charge in [-0.05, 0) is 85.8 Å². The van der Waals surface area contributed by atoms with E-state index in [9.17, 15) is 0 Å². The Labute approximate surface area is 145 Å². The minimum Gasteiger partial charge on any atom is -0.398 e. The van der Waals surface area contributed by atoms with Crippen molar-refractivity contribution in [1.82, 2.24) is 0 Å². The van der Waals surface area contributed by atoms with Gasteiger partial charge in [-0.25, -0.2) is 0 Å². The maximum absolute atomic E-state index is 6.56. The van der Waals surface area contributed by atoms with E-state index in [-0.39, 0.29) is 0 Å². The standard InChI is InChI=1S/C22H28N2/c1-24(2)20-14-12-16-8-4-6-10-18(16)22(20)21-17-9-5-3-7-15(17)11-13-19(21)23/h11-14H,3-10,23H2,1-2H3. The summed E-state index contributed by atoms with van der Waals surface area (Å²) in [5, 5.41) is 0. The van der Waals surface area contributed by atoms with Crippen molar-refractivity contribution >= 4 is 11.4 Å². The molecule has 0 saturated heterocycles. The average molecular weight is 320 g/mol. The van der Waals surface area contributed by atoms with Gasteiger partial charge in [0.05, 0.1) is 0 Å². The van der Waals surface area contributed by atoms with Crippen molar-refractivity contribution in [3.05, 3.63) is 46.5 Å². The molecular weight excluding hydrogens is 292 g/mol. The molecule has 2 aliphatic rings. The third-order valence-electron chi connectivity index (χ3n) is 5.81. The van der Waals surface area contributed by atoms with Crippen LogP contribution < -0.4 is 10.6 Å². The number of nitrogen functional groups attached to an aromatic ring is 1. The summed E-state index contributed by atoms with van der Waals surface area (Å²) in [7, 11) is 4.30. The largest absolute Gasteiger partial charge is 0.398 e. The van der Waals surface area contributed by atoms with E-state index in [1.165, 1.54) is 84.9 Å². The van der Waals surface area contributed by atoms with E-state index < -0.39 is 0 Å². The Morgan fingerprint density at radius 1 is 0.708 bits per heavy atom. The maximum atomic E-state index is 6.56. The average Bonchev–Trinajstić information content (AvgIpc) is 2.61. The topological polar surface area (TPSA) is 29.3 Å². The van der Waals surface area contributed by atoms with Crippen LogP contribution in [-0.2, 0) is 25.7 Å². The zero-order valence-corrected chi connectivity index (χ0v) is 15.0. The highest BCUT2D eigenvalue weighted by molar-refractivity contribution is 5.91. The van der Waals surface area contributed by atoms with Gasteiger partial charge in [0.2, 0.25) is 0 Å². The lowest BCUT2D eigenvalue weighted by atomic mass is 9.79. The van der Waals surface area contributed by atoms with Crippen LogP contribution in [0.25, 0.3) is 11.1 Å². The molecule has 0 unspecified atom stereocenters. The van der Waals surface area contributed by atoms with Crippen LogP contribution in [0.15, 0.2) is 24.3 Å². The molecule has 0 atom stereocenters. The zero-order chi connectivity index (χ0) is 16.7. The second-order valence-electron chi connectivity index (χ2n) is 7.57. The van der Waals surface area contributed by atoms with Crippen molar-refractivity contribution in [1.29, 1.82) is 0 Å². The zero-order valence-electron chi connectivity index (χ0n) is 15.0. The summed E-state index contributed by atoms with van der Waals surface area (Å²) in [6.45, 7) is 0. The summed E-state index contributed by atoms with van der Waals surface area (Å²) in [5.74, 6) is 0. The molecule has 126 valence electrons. The minimum atomic E-state index is 0.956. The molecule has 0 spiro atoms. The molecule has 0 amide bonds. The third kappa shape index (κ3) is 2.49. The van der Waals surface area contributed by atoms with Crippen molar-refractivity contribution in [3.63, 3.8) is 0 Å². The Morgan fingerprint density at radius 2 is 1.25 bits per heavy atom. The van der Waals surface area contributed by atoms with Crippen molar-refractivity contribution < 1.29 is 0 Å². The van der Waals surface area contributed by atoms with Gasteiger partial charge in [0, 0.05) is 36.6 Å². The molecule has 2 N–H and O–H groups in total. The molecule has 2 aliphatic carbocycles. The maximum Gasteiger partial charge on any atom is 0.0444 e. The highest BCUT2D eigenvalue weighted by atomic mass is 15.1. The van der Waals surface area contributed by atoms with E-state index in [1.807, 2.05) is 0 Å². The summed E-state index contributed by atoms with van der Waals surface area (Å²) in [6.07, 6.45) is 9.99. The van der Waals surface area contributed by atoms with Gasteiger partial charge in [-0.3, -0.25) is 0 Å². The molecule has 2 nitrogen and oxygen atoms in total. The van der Waals surface area contributed by atoms with Crippen LogP contribution in [0.2, 0.25) is 0 Å². The third-order valence-corrected chi connectivity index (χ3v) is 5.81. The molecule has 0 bridgehead atoms. The van der Waals surface area contributed by atoms with Crippen LogP contribution in [0.4, 0.5) is 11.4 Å². The van der Waals surface area contributed by atoms with Gasteiger partial charge in [0.1, 0.15) is 0 Å².